The molecule has 0 radical (unpaired) electrons. The summed E-state index contributed by atoms with van der Waals surface area (Å²) in [7, 11) is 1.94. The lowest BCUT2D eigenvalue weighted by Crippen LogP contribution is -2.03. The van der Waals surface area contributed by atoms with Crippen molar-refractivity contribution in [2.75, 3.05) is 5.32 Å². The van der Waals surface area contributed by atoms with Crippen molar-refractivity contribution >= 4 is 5.82 Å². The largest absolute Gasteiger partial charge is 0.366 e. The van der Waals surface area contributed by atoms with Crippen LogP contribution in [0.5, 0.6) is 0 Å². The van der Waals surface area contributed by atoms with Crippen molar-refractivity contribution < 1.29 is 0 Å². The summed E-state index contributed by atoms with van der Waals surface area (Å²) in [4.78, 5) is 8.37. The van der Waals surface area contributed by atoms with Crippen molar-refractivity contribution in [1.29, 1.82) is 0 Å². The predicted octanol–water partition coefficient (Wildman–Crippen LogP) is 1.69. The van der Waals surface area contributed by atoms with Crippen molar-refractivity contribution in [1.82, 2.24) is 19.7 Å². The molecule has 0 spiro atoms. The minimum Gasteiger partial charge on any atom is -0.366 e. The molecule has 0 bridgehead atoms. The Morgan fingerprint density at radius 2 is 2.24 bits per heavy atom. The van der Waals surface area contributed by atoms with Crippen LogP contribution in [-0.4, -0.2) is 19.7 Å². The molecule has 0 unspecified atom stereocenters. The summed E-state index contributed by atoms with van der Waals surface area (Å²) < 4.78 is 1.85. The fourth-order valence-corrected chi connectivity index (χ4v) is 1.77. The first-order valence-corrected chi connectivity index (χ1v) is 5.74. The van der Waals surface area contributed by atoms with Crippen LogP contribution < -0.4 is 5.32 Å². The van der Waals surface area contributed by atoms with Crippen molar-refractivity contribution in [3.63, 3.8) is 0 Å². The van der Waals surface area contributed by atoms with E-state index >= 15 is 0 Å². The predicted molar refractivity (Wildman–Crippen MR) is 66.7 cm³/mol. The highest BCUT2D eigenvalue weighted by atomic mass is 15.3. The van der Waals surface area contributed by atoms with Crippen LogP contribution >= 0.6 is 0 Å². The average molecular weight is 231 g/mol. The molecule has 5 nitrogen and oxygen atoms in total. The standard InChI is InChI=1S/C12H17N5/c1-4-11-10(8-17(3)16-11)7-14-12-5-6-13-9(2)15-12/h5-6,8H,4,7H2,1-3H3,(H,13,14,15). The fraction of sp³-hybridized carbons (Fsp3) is 0.417. The first-order valence-electron chi connectivity index (χ1n) is 5.74. The SMILES string of the molecule is CCc1nn(C)cc1CNc1ccnc(C)n1. The maximum Gasteiger partial charge on any atom is 0.129 e. The molecule has 0 fully saturated rings. The number of nitrogens with zero attached hydrogens (tertiary/aromatic N) is 4. The first kappa shape index (κ1) is 11.6. The topological polar surface area (TPSA) is 55.6 Å². The van der Waals surface area contributed by atoms with Gasteiger partial charge >= 0.3 is 0 Å². The van der Waals surface area contributed by atoms with E-state index in [1.807, 2.05) is 30.9 Å². The van der Waals surface area contributed by atoms with E-state index in [1.54, 1.807) is 6.20 Å². The number of aryl methyl sites for hydroxylation is 3. The Balaban J connectivity index is 2.06. The molecule has 1 N–H and O–H groups in total. The Hall–Kier alpha value is -1.91. The Labute approximate surface area is 101 Å². The number of aromatic nitrogens is 4. The van der Waals surface area contributed by atoms with Crippen LogP contribution in [0.2, 0.25) is 0 Å². The monoisotopic (exact) mass is 231 g/mol. The Morgan fingerprint density at radius 1 is 1.41 bits per heavy atom. The van der Waals surface area contributed by atoms with E-state index in [4.69, 9.17) is 0 Å². The third-order valence-electron chi connectivity index (χ3n) is 2.56. The molecule has 0 atom stereocenters. The molecule has 2 rings (SSSR count). The zero-order valence-electron chi connectivity index (χ0n) is 10.4. The lowest BCUT2D eigenvalue weighted by atomic mass is 10.2. The number of nitrogens with one attached hydrogen (secondary N) is 1. The second-order valence-corrected chi connectivity index (χ2v) is 3.97. The van der Waals surface area contributed by atoms with E-state index in [1.165, 1.54) is 5.56 Å². The molecular formula is C12H17N5. The number of anilines is 1. The molecule has 0 amide bonds. The van der Waals surface area contributed by atoms with Gasteiger partial charge in [0.25, 0.3) is 0 Å². The van der Waals surface area contributed by atoms with Crippen LogP contribution in [0.3, 0.4) is 0 Å². The highest BCUT2D eigenvalue weighted by Crippen LogP contribution is 2.10. The minimum atomic E-state index is 0.744. The lowest BCUT2D eigenvalue weighted by molar-refractivity contribution is 0.746. The second-order valence-electron chi connectivity index (χ2n) is 3.97. The second kappa shape index (κ2) is 4.95. The fourth-order valence-electron chi connectivity index (χ4n) is 1.77. The van der Waals surface area contributed by atoms with Crippen LogP contribution in [0.25, 0.3) is 0 Å². The van der Waals surface area contributed by atoms with Gasteiger partial charge in [0, 0.05) is 31.5 Å². The van der Waals surface area contributed by atoms with Gasteiger partial charge in [-0.05, 0) is 19.4 Å². The molecule has 0 aliphatic rings. The quantitative estimate of drug-likeness (QED) is 0.870. The van der Waals surface area contributed by atoms with Gasteiger partial charge in [-0.15, -0.1) is 0 Å². The van der Waals surface area contributed by atoms with E-state index < -0.39 is 0 Å². The summed E-state index contributed by atoms with van der Waals surface area (Å²) in [6, 6.07) is 1.87. The van der Waals surface area contributed by atoms with Gasteiger partial charge in [-0.2, -0.15) is 5.10 Å². The molecule has 0 aliphatic heterocycles. The summed E-state index contributed by atoms with van der Waals surface area (Å²) in [5, 5.41) is 7.69. The summed E-state index contributed by atoms with van der Waals surface area (Å²) in [5.41, 5.74) is 2.34. The van der Waals surface area contributed by atoms with Gasteiger partial charge in [-0.3, -0.25) is 4.68 Å². The molecule has 0 saturated carbocycles. The molecular weight excluding hydrogens is 214 g/mol. The van der Waals surface area contributed by atoms with Gasteiger partial charge < -0.3 is 5.32 Å². The highest BCUT2D eigenvalue weighted by molar-refractivity contribution is 5.34. The smallest absolute Gasteiger partial charge is 0.129 e. The average Bonchev–Trinajstić information content (AvgIpc) is 2.67. The van der Waals surface area contributed by atoms with Crippen LogP contribution in [-0.2, 0) is 20.0 Å². The highest BCUT2D eigenvalue weighted by Gasteiger charge is 2.05. The molecule has 0 saturated heterocycles. The third kappa shape index (κ3) is 2.81. The maximum absolute atomic E-state index is 4.40. The van der Waals surface area contributed by atoms with Gasteiger partial charge in [0.1, 0.15) is 11.6 Å². The van der Waals surface area contributed by atoms with Gasteiger partial charge in [-0.25, -0.2) is 9.97 Å². The molecule has 2 aromatic heterocycles. The summed E-state index contributed by atoms with van der Waals surface area (Å²) in [6.07, 6.45) is 4.75. The number of rotatable bonds is 4. The third-order valence-corrected chi connectivity index (χ3v) is 2.56. The van der Waals surface area contributed by atoms with Crippen molar-refractivity contribution in [3.05, 3.63) is 35.5 Å². The van der Waals surface area contributed by atoms with E-state index in [9.17, 15) is 0 Å². The van der Waals surface area contributed by atoms with Crippen LogP contribution in [0, 0.1) is 6.92 Å². The Bertz CT molecular complexity index is 503. The molecule has 17 heavy (non-hydrogen) atoms. The molecule has 2 aromatic rings. The normalized spacial score (nSPS) is 10.5. The van der Waals surface area contributed by atoms with Crippen LogP contribution in [0.4, 0.5) is 5.82 Å². The molecule has 2 heterocycles. The van der Waals surface area contributed by atoms with Gasteiger partial charge in [-0.1, -0.05) is 6.92 Å². The van der Waals surface area contributed by atoms with Crippen molar-refractivity contribution in [2.24, 2.45) is 7.05 Å². The Kier molecular flexibility index (Phi) is 3.37. The maximum atomic E-state index is 4.40. The first-order chi connectivity index (χ1) is 8.19. The van der Waals surface area contributed by atoms with E-state index in [0.29, 0.717) is 0 Å². The zero-order valence-corrected chi connectivity index (χ0v) is 10.4. The summed E-state index contributed by atoms with van der Waals surface area (Å²) in [6.45, 7) is 4.74. The van der Waals surface area contributed by atoms with Gasteiger partial charge in [0.2, 0.25) is 0 Å². The number of hydrogen-bond donors (Lipinski definition) is 1. The lowest BCUT2D eigenvalue weighted by Gasteiger charge is -2.05. The number of hydrogen-bond acceptors (Lipinski definition) is 4. The van der Waals surface area contributed by atoms with Crippen molar-refractivity contribution in [3.8, 4) is 0 Å². The molecule has 0 aromatic carbocycles. The molecule has 5 heteroatoms. The summed E-state index contributed by atoms with van der Waals surface area (Å²) in [5.74, 6) is 1.63. The van der Waals surface area contributed by atoms with E-state index in [-0.39, 0.29) is 0 Å². The van der Waals surface area contributed by atoms with Crippen LogP contribution in [0.1, 0.15) is 24.0 Å². The Morgan fingerprint density at radius 3 is 2.94 bits per heavy atom. The van der Waals surface area contributed by atoms with Gasteiger partial charge in [0.15, 0.2) is 0 Å². The summed E-state index contributed by atoms with van der Waals surface area (Å²) >= 11 is 0. The van der Waals surface area contributed by atoms with Crippen molar-refractivity contribution in [2.45, 2.75) is 26.8 Å². The van der Waals surface area contributed by atoms with Crippen LogP contribution in [0.15, 0.2) is 18.5 Å². The minimum absolute atomic E-state index is 0.744. The zero-order chi connectivity index (χ0) is 12.3. The van der Waals surface area contributed by atoms with Gasteiger partial charge in [0.05, 0.1) is 5.69 Å². The molecule has 90 valence electrons. The molecule has 0 aliphatic carbocycles. The van der Waals surface area contributed by atoms with E-state index in [0.717, 1.165) is 30.3 Å². The van der Waals surface area contributed by atoms with E-state index in [2.05, 4.69) is 27.3 Å².